The maximum atomic E-state index is 13.6. The van der Waals surface area contributed by atoms with E-state index in [0.29, 0.717) is 5.56 Å². The maximum Gasteiger partial charge on any atom is 0.407 e. The number of carboxylic acids is 1. The number of aliphatic carboxylic acids is 1. The van der Waals surface area contributed by atoms with Crippen LogP contribution in [0.2, 0.25) is 0 Å². The second-order valence-corrected chi connectivity index (χ2v) is 14.5. The number of fused-ring (bicyclic) bond motifs is 3. The quantitative estimate of drug-likeness (QED) is 0.234. The second-order valence-electron chi connectivity index (χ2n) is 12.6. The third kappa shape index (κ3) is 8.31. The third-order valence-electron chi connectivity index (χ3n) is 6.60. The lowest BCUT2D eigenvalue weighted by molar-refractivity contribution is -0.139. The molecule has 0 aromatic heterocycles. The summed E-state index contributed by atoms with van der Waals surface area (Å²) < 4.78 is 30.9. The largest absolute Gasteiger partial charge is 0.480 e. The molecule has 0 saturated heterocycles. The number of hydrogen-bond donors (Lipinski definition) is 2. The lowest BCUT2D eigenvalue weighted by Gasteiger charge is -2.32. The topological polar surface area (TPSA) is 111 Å². The number of alkyl carbamates (subject to hydrolysis) is 1. The second kappa shape index (κ2) is 12.4. The van der Waals surface area contributed by atoms with Crippen LogP contribution < -0.4 is 5.32 Å². The number of amides is 1. The Morgan fingerprint density at radius 3 is 1.76 bits per heavy atom. The molecule has 42 heavy (non-hydrogen) atoms. The van der Waals surface area contributed by atoms with Gasteiger partial charge in [0.2, 0.25) is 0 Å². The molecule has 224 valence electrons. The Hall–Kier alpha value is -3.45. The summed E-state index contributed by atoms with van der Waals surface area (Å²) >= 11 is 0. The van der Waals surface area contributed by atoms with Gasteiger partial charge in [-0.3, -0.25) is 4.57 Å². The van der Waals surface area contributed by atoms with Crippen molar-refractivity contribution in [1.29, 1.82) is 0 Å². The van der Waals surface area contributed by atoms with E-state index in [1.165, 1.54) is 0 Å². The van der Waals surface area contributed by atoms with E-state index in [4.69, 9.17) is 13.8 Å². The third-order valence-corrected chi connectivity index (χ3v) is 9.00. The van der Waals surface area contributed by atoms with Gasteiger partial charge in [0.15, 0.2) is 0 Å². The van der Waals surface area contributed by atoms with E-state index >= 15 is 0 Å². The first-order valence-corrected chi connectivity index (χ1v) is 15.8. The smallest absolute Gasteiger partial charge is 0.407 e. The summed E-state index contributed by atoms with van der Waals surface area (Å²) in [6.45, 7) is 11.0. The average Bonchev–Trinajstić information content (AvgIpc) is 3.19. The van der Waals surface area contributed by atoms with Crippen molar-refractivity contribution in [2.75, 3.05) is 6.61 Å². The fourth-order valence-electron chi connectivity index (χ4n) is 5.14. The van der Waals surface area contributed by atoms with Crippen molar-refractivity contribution in [1.82, 2.24) is 5.32 Å². The van der Waals surface area contributed by atoms with Gasteiger partial charge < -0.3 is 24.2 Å². The Morgan fingerprint density at radius 1 is 0.810 bits per heavy atom. The highest BCUT2D eigenvalue weighted by atomic mass is 31.2. The molecule has 8 nitrogen and oxygen atoms in total. The van der Waals surface area contributed by atoms with Crippen LogP contribution in [0.15, 0.2) is 72.8 Å². The van der Waals surface area contributed by atoms with Crippen molar-refractivity contribution in [3.8, 4) is 11.1 Å². The van der Waals surface area contributed by atoms with Gasteiger partial charge in [0.1, 0.15) is 12.6 Å². The molecule has 1 aliphatic carbocycles. The number of hydrogen-bond acceptors (Lipinski definition) is 6. The van der Waals surface area contributed by atoms with E-state index in [1.54, 1.807) is 24.3 Å². The molecule has 9 heteroatoms. The zero-order valence-electron chi connectivity index (χ0n) is 25.0. The number of rotatable bonds is 10. The van der Waals surface area contributed by atoms with Crippen LogP contribution in [0.25, 0.3) is 11.1 Å². The molecule has 2 N–H and O–H groups in total. The van der Waals surface area contributed by atoms with Crippen LogP contribution in [0.1, 0.15) is 69.7 Å². The van der Waals surface area contributed by atoms with Crippen LogP contribution in [0.3, 0.4) is 0 Å². The Labute approximate surface area is 247 Å². The van der Waals surface area contributed by atoms with E-state index in [1.807, 2.05) is 90.1 Å². The Morgan fingerprint density at radius 2 is 1.29 bits per heavy atom. The summed E-state index contributed by atoms with van der Waals surface area (Å²) in [4.78, 5) is 24.7. The van der Waals surface area contributed by atoms with Crippen molar-refractivity contribution in [3.63, 3.8) is 0 Å². The highest BCUT2D eigenvalue weighted by Crippen LogP contribution is 2.57. The van der Waals surface area contributed by atoms with E-state index in [0.717, 1.165) is 27.8 Å². The van der Waals surface area contributed by atoms with Gasteiger partial charge in [-0.2, -0.15) is 0 Å². The normalized spacial score (nSPS) is 14.1. The lowest BCUT2D eigenvalue weighted by atomic mass is 9.98. The molecule has 0 unspecified atom stereocenters. The monoisotopic (exact) mass is 593 g/mol. The molecule has 4 rings (SSSR count). The average molecular weight is 594 g/mol. The highest BCUT2D eigenvalue weighted by molar-refractivity contribution is 7.53. The minimum atomic E-state index is -3.49. The van der Waals surface area contributed by atoms with Crippen molar-refractivity contribution in [3.05, 3.63) is 95.1 Å². The van der Waals surface area contributed by atoms with Gasteiger partial charge in [0.25, 0.3) is 0 Å². The van der Waals surface area contributed by atoms with E-state index in [2.05, 4.69) is 5.32 Å². The molecule has 0 aliphatic heterocycles. The van der Waals surface area contributed by atoms with E-state index < -0.39 is 36.9 Å². The standard InChI is InChI=1S/C33H40NO7P/c1-32(2,3)40-42(38,41-33(4,5)6)21-23-17-15-22(16-18-23)19-29(30(35)36)34-31(37)39-20-28-26-13-9-7-11-24(26)25-12-8-10-14-27(25)28/h7-18,28-29H,19-21H2,1-6H3,(H,34,37)(H,35,36)/t29-/m0/s1. The summed E-state index contributed by atoms with van der Waals surface area (Å²) in [6.07, 6.45) is -0.670. The molecule has 3 aromatic carbocycles. The summed E-state index contributed by atoms with van der Waals surface area (Å²) in [6, 6.07) is 21.9. The van der Waals surface area contributed by atoms with Crippen molar-refractivity contribution >= 4 is 19.7 Å². The SMILES string of the molecule is CC(C)(C)OP(=O)(Cc1ccc(C[C@H](NC(=O)OCC2c3ccccc3-c3ccccc32)C(=O)O)cc1)OC(C)(C)C. The van der Waals surface area contributed by atoms with Gasteiger partial charge in [-0.25, -0.2) is 9.59 Å². The van der Waals surface area contributed by atoms with Gasteiger partial charge in [-0.1, -0.05) is 72.8 Å². The van der Waals surface area contributed by atoms with Gasteiger partial charge in [0, 0.05) is 12.3 Å². The first-order chi connectivity index (χ1) is 19.6. The van der Waals surface area contributed by atoms with Crippen LogP contribution in [0, 0.1) is 0 Å². The number of ether oxygens (including phenoxy) is 1. The molecule has 0 radical (unpaired) electrons. The van der Waals surface area contributed by atoms with E-state index in [9.17, 15) is 19.3 Å². The molecule has 0 bridgehead atoms. The predicted octanol–water partition coefficient (Wildman–Crippen LogP) is 7.54. The Bertz CT molecular complexity index is 1410. The zero-order valence-corrected chi connectivity index (χ0v) is 25.9. The van der Waals surface area contributed by atoms with Crippen LogP contribution in [0.5, 0.6) is 0 Å². The number of nitrogens with one attached hydrogen (secondary N) is 1. The summed E-state index contributed by atoms with van der Waals surface area (Å²) in [5.41, 5.74) is 4.46. The molecular formula is C33H40NO7P. The molecular weight excluding hydrogens is 553 g/mol. The fourth-order valence-corrected chi connectivity index (χ4v) is 7.63. The zero-order chi connectivity index (χ0) is 30.7. The van der Waals surface area contributed by atoms with E-state index in [-0.39, 0.29) is 25.1 Å². The van der Waals surface area contributed by atoms with Crippen LogP contribution >= 0.6 is 7.60 Å². The summed E-state index contributed by atoms with van der Waals surface area (Å²) in [5.74, 6) is -1.30. The molecule has 1 aliphatic rings. The molecule has 0 fully saturated rings. The molecule has 0 heterocycles. The first-order valence-electron chi connectivity index (χ1n) is 14.1. The summed E-state index contributed by atoms with van der Waals surface area (Å²) in [7, 11) is -3.49. The number of carbonyl (C=O) groups excluding carboxylic acids is 1. The van der Waals surface area contributed by atoms with Crippen LogP contribution in [0.4, 0.5) is 4.79 Å². The molecule has 0 saturated carbocycles. The number of benzene rings is 3. The molecule has 3 aromatic rings. The molecule has 1 atom stereocenters. The van der Waals surface area contributed by atoms with Crippen LogP contribution in [-0.2, 0) is 35.7 Å². The van der Waals surface area contributed by atoms with Gasteiger partial charge in [-0.05, 0) is 74.9 Å². The molecule has 1 amide bonds. The minimum absolute atomic E-state index is 0.0501. The Balaban J connectivity index is 1.38. The fraction of sp³-hybridized carbons (Fsp3) is 0.394. The predicted molar refractivity (Wildman–Crippen MR) is 163 cm³/mol. The lowest BCUT2D eigenvalue weighted by Crippen LogP contribution is -2.42. The molecule has 0 spiro atoms. The first kappa shape index (κ1) is 31.5. The van der Waals surface area contributed by atoms with Gasteiger partial charge in [0.05, 0.1) is 17.4 Å². The summed E-state index contributed by atoms with van der Waals surface area (Å²) in [5, 5.41) is 12.3. The highest BCUT2D eigenvalue weighted by Gasteiger charge is 2.35. The van der Waals surface area contributed by atoms with Crippen LogP contribution in [-0.4, -0.2) is 41.0 Å². The van der Waals surface area contributed by atoms with Crippen molar-refractivity contribution < 1.29 is 33.0 Å². The Kier molecular flexibility index (Phi) is 9.31. The minimum Gasteiger partial charge on any atom is -0.480 e. The van der Waals surface area contributed by atoms with Crippen molar-refractivity contribution in [2.24, 2.45) is 0 Å². The number of carboxylic acid groups (broad SMARTS) is 1. The van der Waals surface area contributed by atoms with Crippen molar-refractivity contribution in [2.45, 2.75) is 77.3 Å². The van der Waals surface area contributed by atoms with Gasteiger partial charge >= 0.3 is 19.7 Å². The maximum absolute atomic E-state index is 13.6. The number of carbonyl (C=O) groups is 2. The van der Waals surface area contributed by atoms with Gasteiger partial charge in [-0.15, -0.1) is 0 Å².